The summed E-state index contributed by atoms with van der Waals surface area (Å²) in [7, 11) is 3.90. The predicted molar refractivity (Wildman–Crippen MR) is 121 cm³/mol. The number of anilines is 1. The van der Waals surface area contributed by atoms with Gasteiger partial charge in [-0.15, -0.1) is 0 Å². The van der Waals surface area contributed by atoms with Gasteiger partial charge in [-0.2, -0.15) is 0 Å². The SMILES string of the molecule is CN=C(NCCCNC(=O)OC(C)(C)C)NCc1ccnc(N2CCN(C)CC2)c1. The zero-order valence-corrected chi connectivity index (χ0v) is 19.0. The fourth-order valence-electron chi connectivity index (χ4n) is 2.99. The Kier molecular flexibility index (Phi) is 9.16. The summed E-state index contributed by atoms with van der Waals surface area (Å²) in [5.41, 5.74) is 0.680. The highest BCUT2D eigenvalue weighted by Gasteiger charge is 2.16. The molecule has 2 rings (SSSR count). The lowest BCUT2D eigenvalue weighted by atomic mass is 10.2. The summed E-state index contributed by atoms with van der Waals surface area (Å²) in [6.07, 6.45) is 2.24. The molecule has 1 aromatic heterocycles. The van der Waals surface area contributed by atoms with Crippen LogP contribution in [0, 0.1) is 0 Å². The molecule has 1 aliphatic rings. The summed E-state index contributed by atoms with van der Waals surface area (Å²) >= 11 is 0. The summed E-state index contributed by atoms with van der Waals surface area (Å²) in [6.45, 7) is 11.6. The van der Waals surface area contributed by atoms with E-state index in [1.165, 1.54) is 0 Å². The smallest absolute Gasteiger partial charge is 0.407 e. The minimum absolute atomic E-state index is 0.390. The lowest BCUT2D eigenvalue weighted by molar-refractivity contribution is 0.0527. The second kappa shape index (κ2) is 11.6. The highest BCUT2D eigenvalue weighted by Crippen LogP contribution is 2.14. The van der Waals surface area contributed by atoms with Gasteiger partial charge in [-0.05, 0) is 51.9 Å². The van der Waals surface area contributed by atoms with Crippen LogP contribution in [0.4, 0.5) is 10.6 Å². The molecule has 0 spiro atoms. The third-order valence-electron chi connectivity index (χ3n) is 4.63. The number of likely N-dealkylation sites (N-methyl/N-ethyl adjacent to an activating group) is 1. The van der Waals surface area contributed by atoms with Crippen molar-refractivity contribution in [1.82, 2.24) is 25.8 Å². The Balaban J connectivity index is 1.69. The molecule has 0 aliphatic carbocycles. The topological polar surface area (TPSA) is 94.1 Å². The van der Waals surface area contributed by atoms with Crippen molar-refractivity contribution in [3.05, 3.63) is 23.9 Å². The van der Waals surface area contributed by atoms with E-state index in [0.717, 1.165) is 49.9 Å². The standard InChI is InChI=1S/C21H37N7O2/c1-21(2,3)30-20(29)25-9-6-8-24-19(22-4)26-16-17-7-10-23-18(15-17)28-13-11-27(5)12-14-28/h7,10,15H,6,8-9,11-14,16H2,1-5H3,(H,25,29)(H2,22,24,26). The predicted octanol–water partition coefficient (Wildman–Crippen LogP) is 1.41. The van der Waals surface area contributed by atoms with E-state index in [1.54, 1.807) is 7.05 Å². The Morgan fingerprint density at radius 1 is 1.17 bits per heavy atom. The molecule has 0 bridgehead atoms. The van der Waals surface area contributed by atoms with E-state index < -0.39 is 5.60 Å². The van der Waals surface area contributed by atoms with Gasteiger partial charge < -0.3 is 30.5 Å². The maximum absolute atomic E-state index is 11.6. The number of carbonyl (C=O) groups is 1. The molecule has 1 saturated heterocycles. The molecule has 0 saturated carbocycles. The number of guanidine groups is 1. The van der Waals surface area contributed by atoms with Crippen LogP contribution in [0.1, 0.15) is 32.8 Å². The number of aromatic nitrogens is 1. The molecule has 0 aromatic carbocycles. The Labute approximate surface area is 180 Å². The molecule has 2 heterocycles. The van der Waals surface area contributed by atoms with Crippen LogP contribution in [0.15, 0.2) is 23.3 Å². The molecule has 9 nitrogen and oxygen atoms in total. The zero-order valence-electron chi connectivity index (χ0n) is 19.0. The molecule has 9 heteroatoms. The summed E-state index contributed by atoms with van der Waals surface area (Å²) in [5, 5.41) is 9.34. The lowest BCUT2D eigenvalue weighted by Crippen LogP contribution is -2.44. The normalized spacial score (nSPS) is 15.6. The number of piperazine rings is 1. The average Bonchev–Trinajstić information content (AvgIpc) is 2.69. The molecular weight excluding hydrogens is 382 g/mol. The molecule has 1 fully saturated rings. The Morgan fingerprint density at radius 2 is 1.87 bits per heavy atom. The van der Waals surface area contributed by atoms with Gasteiger partial charge in [-0.3, -0.25) is 4.99 Å². The number of carbonyl (C=O) groups excluding carboxylic acids is 1. The number of pyridine rings is 1. The van der Waals surface area contributed by atoms with Crippen LogP contribution in [-0.2, 0) is 11.3 Å². The number of amides is 1. The first kappa shape index (κ1) is 23.7. The molecule has 0 atom stereocenters. The Morgan fingerprint density at radius 3 is 2.53 bits per heavy atom. The molecule has 1 aromatic rings. The second-order valence-electron chi connectivity index (χ2n) is 8.45. The van der Waals surface area contributed by atoms with Crippen LogP contribution in [-0.4, -0.2) is 80.9 Å². The maximum Gasteiger partial charge on any atom is 0.407 e. The van der Waals surface area contributed by atoms with E-state index in [0.29, 0.717) is 19.6 Å². The van der Waals surface area contributed by atoms with Crippen molar-refractivity contribution in [3.8, 4) is 0 Å². The lowest BCUT2D eigenvalue weighted by Gasteiger charge is -2.33. The van der Waals surface area contributed by atoms with Crippen LogP contribution in [0.5, 0.6) is 0 Å². The van der Waals surface area contributed by atoms with E-state index in [2.05, 4.69) is 48.8 Å². The van der Waals surface area contributed by atoms with Gasteiger partial charge in [-0.25, -0.2) is 9.78 Å². The second-order valence-corrected chi connectivity index (χ2v) is 8.45. The summed E-state index contributed by atoms with van der Waals surface area (Å²) in [5.74, 6) is 1.75. The van der Waals surface area contributed by atoms with Crippen LogP contribution >= 0.6 is 0 Å². The van der Waals surface area contributed by atoms with Gasteiger partial charge in [0.2, 0.25) is 0 Å². The number of hydrogen-bond donors (Lipinski definition) is 3. The third-order valence-corrected chi connectivity index (χ3v) is 4.63. The molecule has 168 valence electrons. The minimum atomic E-state index is -0.481. The zero-order chi connectivity index (χ0) is 22.0. The first-order chi connectivity index (χ1) is 14.3. The van der Waals surface area contributed by atoms with Gasteiger partial charge in [0.15, 0.2) is 5.96 Å². The van der Waals surface area contributed by atoms with Crippen LogP contribution in [0.25, 0.3) is 0 Å². The van der Waals surface area contributed by atoms with E-state index in [9.17, 15) is 4.79 Å². The van der Waals surface area contributed by atoms with Crippen molar-refractivity contribution in [1.29, 1.82) is 0 Å². The molecule has 1 aliphatic heterocycles. The van der Waals surface area contributed by atoms with Gasteiger partial charge in [0, 0.05) is 59.1 Å². The van der Waals surface area contributed by atoms with E-state index >= 15 is 0 Å². The number of aliphatic imine (C=N–C) groups is 1. The van der Waals surface area contributed by atoms with Crippen LogP contribution < -0.4 is 20.9 Å². The van der Waals surface area contributed by atoms with E-state index in [4.69, 9.17) is 4.74 Å². The monoisotopic (exact) mass is 419 g/mol. The highest BCUT2D eigenvalue weighted by atomic mass is 16.6. The van der Waals surface area contributed by atoms with Gasteiger partial charge in [-0.1, -0.05) is 0 Å². The quantitative estimate of drug-likeness (QED) is 0.349. The van der Waals surface area contributed by atoms with Crippen molar-refractivity contribution in [2.45, 2.75) is 39.3 Å². The third kappa shape index (κ3) is 8.86. The number of rotatable bonds is 7. The maximum atomic E-state index is 11.6. The Bertz CT molecular complexity index is 695. The number of ether oxygens (including phenoxy) is 1. The molecular formula is C21H37N7O2. The van der Waals surface area contributed by atoms with Crippen molar-refractivity contribution in [2.24, 2.45) is 4.99 Å². The summed E-state index contributed by atoms with van der Waals surface area (Å²) in [4.78, 5) is 25.1. The molecule has 30 heavy (non-hydrogen) atoms. The van der Waals surface area contributed by atoms with Gasteiger partial charge in [0.1, 0.15) is 11.4 Å². The number of nitrogens with one attached hydrogen (secondary N) is 3. The van der Waals surface area contributed by atoms with Crippen LogP contribution in [0.2, 0.25) is 0 Å². The molecule has 0 unspecified atom stereocenters. The molecule has 3 N–H and O–H groups in total. The molecule has 0 radical (unpaired) electrons. The van der Waals surface area contributed by atoms with E-state index in [-0.39, 0.29) is 6.09 Å². The van der Waals surface area contributed by atoms with Crippen molar-refractivity contribution >= 4 is 17.9 Å². The highest BCUT2D eigenvalue weighted by molar-refractivity contribution is 5.79. The van der Waals surface area contributed by atoms with Crippen molar-refractivity contribution in [2.75, 3.05) is 58.3 Å². The molecule has 1 amide bonds. The fraction of sp³-hybridized carbons (Fsp3) is 0.667. The van der Waals surface area contributed by atoms with Gasteiger partial charge in [0.25, 0.3) is 0 Å². The number of alkyl carbamates (subject to hydrolysis) is 1. The summed E-state index contributed by atoms with van der Waals surface area (Å²) in [6, 6.07) is 4.15. The first-order valence-electron chi connectivity index (χ1n) is 10.6. The first-order valence-corrected chi connectivity index (χ1v) is 10.6. The number of hydrogen-bond acceptors (Lipinski definition) is 6. The van der Waals surface area contributed by atoms with Crippen LogP contribution in [0.3, 0.4) is 0 Å². The number of nitrogens with zero attached hydrogens (tertiary/aromatic N) is 4. The minimum Gasteiger partial charge on any atom is -0.444 e. The fourth-order valence-corrected chi connectivity index (χ4v) is 2.99. The van der Waals surface area contributed by atoms with Crippen molar-refractivity contribution < 1.29 is 9.53 Å². The average molecular weight is 420 g/mol. The summed E-state index contributed by atoms with van der Waals surface area (Å²) < 4.78 is 5.22. The van der Waals surface area contributed by atoms with Gasteiger partial charge in [0.05, 0.1) is 0 Å². The Hall–Kier alpha value is -2.55. The largest absolute Gasteiger partial charge is 0.444 e. The van der Waals surface area contributed by atoms with Gasteiger partial charge >= 0.3 is 6.09 Å². The van der Waals surface area contributed by atoms with E-state index in [1.807, 2.05) is 33.0 Å². The van der Waals surface area contributed by atoms with Crippen molar-refractivity contribution in [3.63, 3.8) is 0 Å².